The molecule has 2 aliphatic heterocycles. The molecule has 0 aromatic heterocycles. The average molecular weight is 435 g/mol. The summed E-state index contributed by atoms with van der Waals surface area (Å²) in [4.78, 5) is 12.1. The van der Waals surface area contributed by atoms with E-state index in [4.69, 9.17) is 19.9 Å². The topological polar surface area (TPSA) is 133 Å². The maximum Gasteiger partial charge on any atom is 0.326 e. The first-order valence-electron chi connectivity index (χ1n) is 9.30. The van der Waals surface area contributed by atoms with Crippen molar-refractivity contribution in [1.29, 1.82) is 0 Å². The summed E-state index contributed by atoms with van der Waals surface area (Å²) in [5.41, 5.74) is 7.73. The van der Waals surface area contributed by atoms with Gasteiger partial charge in [-0.15, -0.1) is 0 Å². The van der Waals surface area contributed by atoms with Crippen molar-refractivity contribution in [3.05, 3.63) is 41.5 Å². The van der Waals surface area contributed by atoms with Crippen LogP contribution in [0.2, 0.25) is 0 Å². The van der Waals surface area contributed by atoms with Gasteiger partial charge in [-0.3, -0.25) is 0 Å². The van der Waals surface area contributed by atoms with E-state index in [0.29, 0.717) is 22.9 Å². The number of sulfonamides is 1. The quantitative estimate of drug-likeness (QED) is 0.518. The van der Waals surface area contributed by atoms with Gasteiger partial charge < -0.3 is 30.2 Å². The Morgan fingerprint density at radius 2 is 2.00 bits per heavy atom. The fourth-order valence-electron chi connectivity index (χ4n) is 3.81. The van der Waals surface area contributed by atoms with Crippen LogP contribution in [0.25, 0.3) is 0 Å². The SMILES string of the molecule is COc1c2c(cc3c1[C@@H](Nc1ccc(S(=O)(=O)NC(N)=O)cc1)[NH+](C)CC3)OCO2. The molecule has 2 amide bonds. The summed E-state index contributed by atoms with van der Waals surface area (Å²) in [5, 5.41) is 3.45. The lowest BCUT2D eigenvalue weighted by Gasteiger charge is -2.33. The summed E-state index contributed by atoms with van der Waals surface area (Å²) in [5.74, 6) is 1.92. The van der Waals surface area contributed by atoms with Crippen LogP contribution in [0.5, 0.6) is 17.2 Å². The van der Waals surface area contributed by atoms with Crippen LogP contribution in [0.15, 0.2) is 35.2 Å². The molecule has 2 atom stereocenters. The van der Waals surface area contributed by atoms with Gasteiger partial charge >= 0.3 is 6.03 Å². The predicted octanol–water partition coefficient (Wildman–Crippen LogP) is -0.0376. The van der Waals surface area contributed by atoms with Crippen molar-refractivity contribution in [3.63, 3.8) is 0 Å². The highest BCUT2D eigenvalue weighted by Gasteiger charge is 2.36. The second-order valence-corrected chi connectivity index (χ2v) is 8.82. The largest absolute Gasteiger partial charge is 0.492 e. The molecule has 2 aromatic carbocycles. The molecule has 5 N–H and O–H groups in total. The molecule has 0 bridgehead atoms. The molecule has 0 aliphatic carbocycles. The number of quaternary nitrogens is 1. The lowest BCUT2D eigenvalue weighted by Crippen LogP contribution is -3.11. The zero-order chi connectivity index (χ0) is 21.5. The summed E-state index contributed by atoms with van der Waals surface area (Å²) < 4.78 is 42.7. The first kappa shape index (κ1) is 20.1. The number of methoxy groups -OCH3 is 1. The Morgan fingerprint density at radius 1 is 1.27 bits per heavy atom. The normalized spacial score (nSPS) is 19.7. The van der Waals surface area contributed by atoms with E-state index in [-0.39, 0.29) is 17.9 Å². The van der Waals surface area contributed by atoms with Gasteiger partial charge in [-0.25, -0.2) is 17.9 Å². The molecular formula is C19H23N4O6S+. The predicted molar refractivity (Wildman–Crippen MR) is 107 cm³/mol. The van der Waals surface area contributed by atoms with E-state index in [0.717, 1.165) is 24.1 Å². The highest BCUT2D eigenvalue weighted by atomic mass is 32.2. The van der Waals surface area contributed by atoms with Gasteiger partial charge in [0.2, 0.25) is 12.5 Å². The van der Waals surface area contributed by atoms with Crippen LogP contribution in [-0.4, -0.2) is 41.9 Å². The number of urea groups is 1. The molecule has 160 valence electrons. The highest BCUT2D eigenvalue weighted by molar-refractivity contribution is 7.90. The Bertz CT molecular complexity index is 1090. The van der Waals surface area contributed by atoms with Gasteiger partial charge in [0.15, 0.2) is 17.7 Å². The zero-order valence-corrected chi connectivity index (χ0v) is 17.3. The fraction of sp³-hybridized carbons (Fsp3) is 0.316. The summed E-state index contributed by atoms with van der Waals surface area (Å²) in [6.07, 6.45) is 0.715. The Balaban J connectivity index is 1.66. The number of anilines is 1. The Morgan fingerprint density at radius 3 is 2.67 bits per heavy atom. The van der Waals surface area contributed by atoms with Gasteiger partial charge in [0, 0.05) is 12.1 Å². The smallest absolute Gasteiger partial charge is 0.326 e. The van der Waals surface area contributed by atoms with Gasteiger partial charge in [-0.2, -0.15) is 0 Å². The number of carbonyl (C=O) groups is 1. The van der Waals surface area contributed by atoms with E-state index in [1.54, 1.807) is 24.0 Å². The number of primary amides is 1. The Hall–Kier alpha value is -3.18. The molecule has 2 aromatic rings. The number of likely N-dealkylation sites (N-methyl/N-ethyl adjacent to an activating group) is 1. The summed E-state index contributed by atoms with van der Waals surface area (Å²) in [6, 6.07) is 6.94. The molecule has 10 nitrogen and oxygen atoms in total. The second kappa shape index (κ2) is 7.58. The van der Waals surface area contributed by atoms with Crippen molar-refractivity contribution in [2.24, 2.45) is 5.73 Å². The van der Waals surface area contributed by atoms with Crippen molar-refractivity contribution in [1.82, 2.24) is 4.72 Å². The average Bonchev–Trinajstić information content (AvgIpc) is 3.16. The number of fused-ring (bicyclic) bond motifs is 2. The van der Waals surface area contributed by atoms with Gasteiger partial charge in [0.05, 0.1) is 31.2 Å². The number of amides is 2. The van der Waals surface area contributed by atoms with E-state index >= 15 is 0 Å². The number of carbonyl (C=O) groups excluding carboxylic acids is 1. The third-order valence-electron chi connectivity index (χ3n) is 5.23. The molecule has 0 saturated carbocycles. The molecule has 0 radical (unpaired) electrons. The molecule has 1 unspecified atom stereocenters. The van der Waals surface area contributed by atoms with Crippen LogP contribution in [0, 0.1) is 0 Å². The van der Waals surface area contributed by atoms with E-state index in [1.165, 1.54) is 17.0 Å². The molecular weight excluding hydrogens is 412 g/mol. The first-order valence-corrected chi connectivity index (χ1v) is 10.8. The summed E-state index contributed by atoms with van der Waals surface area (Å²) >= 11 is 0. The number of nitrogens with two attached hydrogens (primary N) is 1. The van der Waals surface area contributed by atoms with Crippen LogP contribution in [0.4, 0.5) is 10.5 Å². The Kier molecular flexibility index (Phi) is 5.08. The number of ether oxygens (including phenoxy) is 3. The number of nitrogens with one attached hydrogen (secondary N) is 3. The molecule has 0 fully saturated rings. The minimum absolute atomic E-state index is 0.0578. The standard InChI is InChI=1S/C19H22N4O6S/c1-23-8-7-11-9-14-16(29-10-28-14)17(27-2)15(11)18(23)21-12-3-5-13(6-4-12)30(25,26)22-19(20)24/h3-6,9,18,21H,7-8,10H2,1-2H3,(H3,20,22,24)/p+1/t18-/m0/s1. The van der Waals surface area contributed by atoms with Crippen molar-refractivity contribution in [2.75, 3.05) is 32.8 Å². The minimum atomic E-state index is -3.99. The minimum Gasteiger partial charge on any atom is -0.492 e. The fourth-order valence-corrected chi connectivity index (χ4v) is 4.69. The van der Waals surface area contributed by atoms with Crippen LogP contribution in [-0.2, 0) is 16.4 Å². The van der Waals surface area contributed by atoms with Crippen molar-refractivity contribution in [3.8, 4) is 17.2 Å². The second-order valence-electron chi connectivity index (χ2n) is 7.13. The van der Waals surface area contributed by atoms with Crippen molar-refractivity contribution >= 4 is 21.7 Å². The van der Waals surface area contributed by atoms with E-state index in [9.17, 15) is 13.2 Å². The molecule has 2 heterocycles. The van der Waals surface area contributed by atoms with E-state index < -0.39 is 16.1 Å². The maximum absolute atomic E-state index is 12.1. The monoisotopic (exact) mass is 435 g/mol. The van der Waals surface area contributed by atoms with Crippen molar-refractivity contribution in [2.45, 2.75) is 17.5 Å². The van der Waals surface area contributed by atoms with Crippen LogP contribution >= 0.6 is 0 Å². The number of benzene rings is 2. The van der Waals surface area contributed by atoms with E-state index in [2.05, 4.69) is 12.4 Å². The lowest BCUT2D eigenvalue weighted by atomic mass is 9.94. The lowest BCUT2D eigenvalue weighted by molar-refractivity contribution is -0.910. The molecule has 30 heavy (non-hydrogen) atoms. The van der Waals surface area contributed by atoms with Crippen LogP contribution < -0.4 is 34.9 Å². The third-order valence-corrected chi connectivity index (χ3v) is 6.59. The van der Waals surface area contributed by atoms with Crippen LogP contribution in [0.3, 0.4) is 0 Å². The number of rotatable bonds is 5. The van der Waals surface area contributed by atoms with Crippen LogP contribution in [0.1, 0.15) is 17.3 Å². The third kappa shape index (κ3) is 3.57. The molecule has 11 heteroatoms. The molecule has 0 spiro atoms. The van der Waals surface area contributed by atoms with Gasteiger partial charge in [-0.1, -0.05) is 0 Å². The van der Waals surface area contributed by atoms with Gasteiger partial charge in [-0.05, 0) is 35.9 Å². The summed E-state index contributed by atoms with van der Waals surface area (Å²) in [6.45, 7) is 1.05. The van der Waals surface area contributed by atoms with Gasteiger partial charge in [0.1, 0.15) is 0 Å². The summed E-state index contributed by atoms with van der Waals surface area (Å²) in [7, 11) is -0.323. The van der Waals surface area contributed by atoms with E-state index in [1.807, 2.05) is 6.07 Å². The molecule has 2 aliphatic rings. The first-order chi connectivity index (χ1) is 14.3. The maximum atomic E-state index is 12.1. The number of hydrogen-bond donors (Lipinski definition) is 4. The van der Waals surface area contributed by atoms with Crippen molar-refractivity contribution < 1.29 is 32.3 Å². The Labute approximate surface area is 173 Å². The zero-order valence-electron chi connectivity index (χ0n) is 16.5. The number of hydrogen-bond acceptors (Lipinski definition) is 7. The van der Waals surface area contributed by atoms with Gasteiger partial charge in [0.25, 0.3) is 10.0 Å². The molecule has 4 rings (SSSR count). The molecule has 0 saturated heterocycles. The highest BCUT2D eigenvalue weighted by Crippen LogP contribution is 2.47.